The fraction of sp³-hybridized carbons (Fsp3) is 0.579. The van der Waals surface area contributed by atoms with Crippen LogP contribution in [-0.2, 0) is 16.0 Å². The first-order valence-electron chi connectivity index (χ1n) is 8.39. The van der Waals surface area contributed by atoms with Gasteiger partial charge in [0, 0.05) is 13.1 Å². The highest BCUT2D eigenvalue weighted by atomic mass is 16.6. The molecule has 1 aliphatic heterocycles. The van der Waals surface area contributed by atoms with E-state index in [1.165, 1.54) is 0 Å². The Balaban J connectivity index is 2.08. The number of aryl methyl sites for hydroxylation is 1. The molecule has 5 heteroatoms. The molecule has 1 heterocycles. The van der Waals surface area contributed by atoms with Crippen LogP contribution < -0.4 is 0 Å². The summed E-state index contributed by atoms with van der Waals surface area (Å²) < 4.78 is 5.38. The molecule has 0 spiro atoms. The van der Waals surface area contributed by atoms with Crippen LogP contribution in [0.1, 0.15) is 44.7 Å². The quantitative estimate of drug-likeness (QED) is 0.917. The Bertz CT molecular complexity index is 610. The number of likely N-dealkylation sites (tertiary alicyclic amines) is 1. The van der Waals surface area contributed by atoms with Crippen molar-refractivity contribution in [3.05, 3.63) is 35.4 Å². The number of carbonyl (C=O) groups excluding carboxylic acids is 1. The molecule has 132 valence electrons. The minimum absolute atomic E-state index is 0.364. The van der Waals surface area contributed by atoms with Gasteiger partial charge in [0.1, 0.15) is 5.60 Å². The average Bonchev–Trinajstić information content (AvgIpc) is 2.48. The van der Waals surface area contributed by atoms with Gasteiger partial charge in [0.2, 0.25) is 0 Å². The average molecular weight is 333 g/mol. The molecule has 24 heavy (non-hydrogen) atoms. The van der Waals surface area contributed by atoms with E-state index in [0.717, 1.165) is 11.1 Å². The first-order valence-corrected chi connectivity index (χ1v) is 8.39. The number of hydrogen-bond acceptors (Lipinski definition) is 3. The van der Waals surface area contributed by atoms with Crippen LogP contribution in [0.15, 0.2) is 24.3 Å². The highest BCUT2D eigenvalue weighted by Gasteiger charge is 2.43. The van der Waals surface area contributed by atoms with Crippen LogP contribution in [0.25, 0.3) is 0 Å². The van der Waals surface area contributed by atoms with E-state index >= 15 is 0 Å². The Morgan fingerprint density at radius 3 is 2.29 bits per heavy atom. The van der Waals surface area contributed by atoms with Gasteiger partial charge in [0.15, 0.2) is 0 Å². The third-order valence-electron chi connectivity index (χ3n) is 4.62. The zero-order valence-corrected chi connectivity index (χ0v) is 15.0. The summed E-state index contributed by atoms with van der Waals surface area (Å²) in [6.07, 6.45) is 1.01. The van der Waals surface area contributed by atoms with E-state index in [2.05, 4.69) is 0 Å². The summed E-state index contributed by atoms with van der Waals surface area (Å²) >= 11 is 0. The first-order chi connectivity index (χ1) is 11.1. The van der Waals surface area contributed by atoms with E-state index in [1.54, 1.807) is 4.90 Å². The van der Waals surface area contributed by atoms with Crippen molar-refractivity contribution in [3.8, 4) is 0 Å². The number of carboxylic acids is 1. The molecular formula is C19H27NO4. The minimum atomic E-state index is -0.815. The van der Waals surface area contributed by atoms with Crippen molar-refractivity contribution in [1.29, 1.82) is 0 Å². The summed E-state index contributed by atoms with van der Waals surface area (Å²) in [7, 11) is 0. The highest BCUT2D eigenvalue weighted by Crippen LogP contribution is 2.36. The lowest BCUT2D eigenvalue weighted by atomic mass is 9.73. The second-order valence-electron chi connectivity index (χ2n) is 7.66. The summed E-state index contributed by atoms with van der Waals surface area (Å²) in [5.74, 6) is -0.783. The number of carbonyl (C=O) groups is 2. The lowest BCUT2D eigenvalue weighted by Gasteiger charge is -2.39. The standard InChI is InChI=1S/C19H27NO4/c1-14-7-5-6-8-15(14)13-19(16(21)22)9-11-20(12-10-19)17(23)24-18(2,3)4/h5-8H,9-13H2,1-4H3,(H,21,22). The van der Waals surface area contributed by atoms with Crippen LogP contribution in [0, 0.1) is 12.3 Å². The fourth-order valence-corrected chi connectivity index (χ4v) is 3.08. The zero-order chi connectivity index (χ0) is 18.0. The molecule has 5 nitrogen and oxygen atoms in total. The van der Waals surface area contributed by atoms with Gasteiger partial charge in [-0.2, -0.15) is 0 Å². The predicted octanol–water partition coefficient (Wildman–Crippen LogP) is 3.64. The van der Waals surface area contributed by atoms with Crippen molar-refractivity contribution in [3.63, 3.8) is 0 Å². The van der Waals surface area contributed by atoms with Crippen molar-refractivity contribution < 1.29 is 19.4 Å². The van der Waals surface area contributed by atoms with Crippen molar-refractivity contribution in [2.24, 2.45) is 5.41 Å². The first kappa shape index (κ1) is 18.3. The monoisotopic (exact) mass is 333 g/mol. The van der Waals surface area contributed by atoms with E-state index in [1.807, 2.05) is 52.0 Å². The number of hydrogen-bond donors (Lipinski definition) is 1. The number of aliphatic carboxylic acids is 1. The topological polar surface area (TPSA) is 66.8 Å². The third-order valence-corrected chi connectivity index (χ3v) is 4.62. The minimum Gasteiger partial charge on any atom is -0.481 e. The molecule has 0 radical (unpaired) electrons. The number of benzene rings is 1. The molecular weight excluding hydrogens is 306 g/mol. The van der Waals surface area contributed by atoms with E-state index in [-0.39, 0.29) is 6.09 Å². The highest BCUT2D eigenvalue weighted by molar-refractivity contribution is 5.76. The smallest absolute Gasteiger partial charge is 0.410 e. The second-order valence-corrected chi connectivity index (χ2v) is 7.66. The van der Waals surface area contributed by atoms with E-state index in [0.29, 0.717) is 32.4 Å². The maximum Gasteiger partial charge on any atom is 0.410 e. The molecule has 1 aromatic rings. The summed E-state index contributed by atoms with van der Waals surface area (Å²) in [4.78, 5) is 25.7. The van der Waals surface area contributed by atoms with Crippen molar-refractivity contribution in [2.75, 3.05) is 13.1 Å². The Morgan fingerprint density at radius 1 is 1.21 bits per heavy atom. The second kappa shape index (κ2) is 6.83. The molecule has 1 N–H and O–H groups in total. The normalized spacial score (nSPS) is 17.4. The van der Waals surface area contributed by atoms with Crippen LogP contribution in [0.2, 0.25) is 0 Å². The summed E-state index contributed by atoms with van der Waals surface area (Å²) in [6.45, 7) is 8.30. The predicted molar refractivity (Wildman–Crippen MR) is 92.0 cm³/mol. The summed E-state index contributed by atoms with van der Waals surface area (Å²) in [6, 6.07) is 7.88. The van der Waals surface area contributed by atoms with Gasteiger partial charge in [-0.1, -0.05) is 24.3 Å². The molecule has 0 aromatic heterocycles. The van der Waals surface area contributed by atoms with Gasteiger partial charge >= 0.3 is 12.1 Å². The lowest BCUT2D eigenvalue weighted by Crippen LogP contribution is -2.48. The molecule has 0 bridgehead atoms. The van der Waals surface area contributed by atoms with Gasteiger partial charge in [0.25, 0.3) is 0 Å². The lowest BCUT2D eigenvalue weighted by molar-refractivity contribution is -0.152. The van der Waals surface area contributed by atoms with E-state index in [9.17, 15) is 14.7 Å². The Kier molecular flexibility index (Phi) is 5.21. The molecule has 1 amide bonds. The SMILES string of the molecule is Cc1ccccc1CC1(C(=O)O)CCN(C(=O)OC(C)(C)C)CC1. The van der Waals surface area contributed by atoms with Gasteiger partial charge in [0.05, 0.1) is 5.41 Å². The molecule has 1 fully saturated rings. The van der Waals surface area contributed by atoms with E-state index in [4.69, 9.17) is 4.74 Å². The van der Waals surface area contributed by atoms with Gasteiger partial charge in [-0.05, 0) is 58.1 Å². The van der Waals surface area contributed by atoms with Crippen LogP contribution in [-0.4, -0.2) is 40.8 Å². The maximum absolute atomic E-state index is 12.2. The Labute approximate surface area is 143 Å². The van der Waals surface area contributed by atoms with Crippen LogP contribution in [0.4, 0.5) is 4.79 Å². The fourth-order valence-electron chi connectivity index (χ4n) is 3.08. The van der Waals surface area contributed by atoms with Crippen LogP contribution in [0.3, 0.4) is 0 Å². The van der Waals surface area contributed by atoms with Crippen molar-refractivity contribution in [1.82, 2.24) is 4.90 Å². The maximum atomic E-state index is 12.2. The molecule has 1 saturated heterocycles. The molecule has 0 atom stereocenters. The Morgan fingerprint density at radius 2 is 1.79 bits per heavy atom. The van der Waals surface area contributed by atoms with Gasteiger partial charge in [-0.25, -0.2) is 4.79 Å². The molecule has 0 aliphatic carbocycles. The number of rotatable bonds is 3. The number of amides is 1. The Hall–Kier alpha value is -2.04. The van der Waals surface area contributed by atoms with Crippen molar-refractivity contribution in [2.45, 2.75) is 52.6 Å². The number of nitrogens with zero attached hydrogens (tertiary/aromatic N) is 1. The number of carboxylic acid groups (broad SMARTS) is 1. The number of piperidine rings is 1. The molecule has 0 unspecified atom stereocenters. The summed E-state index contributed by atoms with van der Waals surface area (Å²) in [5, 5.41) is 9.82. The van der Waals surface area contributed by atoms with E-state index < -0.39 is 17.0 Å². The van der Waals surface area contributed by atoms with Gasteiger partial charge in [-0.15, -0.1) is 0 Å². The van der Waals surface area contributed by atoms with Gasteiger partial charge < -0.3 is 14.7 Å². The molecule has 1 aromatic carbocycles. The number of ether oxygens (including phenoxy) is 1. The largest absolute Gasteiger partial charge is 0.481 e. The molecule has 2 rings (SSSR count). The van der Waals surface area contributed by atoms with Crippen molar-refractivity contribution >= 4 is 12.1 Å². The summed E-state index contributed by atoms with van der Waals surface area (Å²) in [5.41, 5.74) is 0.808. The third kappa shape index (κ3) is 4.28. The van der Waals surface area contributed by atoms with Crippen LogP contribution in [0.5, 0.6) is 0 Å². The molecule has 1 aliphatic rings. The van der Waals surface area contributed by atoms with Crippen LogP contribution >= 0.6 is 0 Å². The molecule has 0 saturated carbocycles. The zero-order valence-electron chi connectivity index (χ0n) is 15.0. The van der Waals surface area contributed by atoms with Gasteiger partial charge in [-0.3, -0.25) is 4.79 Å².